The van der Waals surface area contributed by atoms with E-state index in [0.717, 1.165) is 5.56 Å². The molecular formula is C21H19FN4O3S. The lowest BCUT2D eigenvalue weighted by Gasteiger charge is -2.24. The molecule has 0 radical (unpaired) electrons. The molecule has 0 saturated heterocycles. The number of hydrogen-bond acceptors (Lipinski definition) is 6. The molecule has 1 aliphatic rings. The number of carbonyl (C=O) groups is 1. The fraction of sp³-hybridized carbons (Fsp3) is 0.238. The van der Waals surface area contributed by atoms with Gasteiger partial charge in [-0.2, -0.15) is 5.10 Å². The Morgan fingerprint density at radius 1 is 1.33 bits per heavy atom. The van der Waals surface area contributed by atoms with E-state index in [0.29, 0.717) is 20.6 Å². The molecule has 154 valence electrons. The number of esters is 1. The van der Waals surface area contributed by atoms with Crippen LogP contribution in [0.5, 0.6) is 0 Å². The molecule has 0 unspecified atom stereocenters. The van der Waals surface area contributed by atoms with Gasteiger partial charge in [-0.15, -0.1) is 0 Å². The number of hydrogen-bond donors (Lipinski definition) is 0. The minimum absolute atomic E-state index is 0.192. The summed E-state index contributed by atoms with van der Waals surface area (Å²) in [5.41, 5.74) is 1.83. The summed E-state index contributed by atoms with van der Waals surface area (Å²) in [5, 5.41) is 4.12. The summed E-state index contributed by atoms with van der Waals surface area (Å²) in [6.45, 7) is 3.61. The van der Waals surface area contributed by atoms with E-state index in [4.69, 9.17) is 4.74 Å². The van der Waals surface area contributed by atoms with Crippen molar-refractivity contribution in [2.24, 2.45) is 12.0 Å². The number of fused-ring (bicyclic) bond motifs is 1. The van der Waals surface area contributed by atoms with Gasteiger partial charge in [-0.25, -0.2) is 14.2 Å². The standard InChI is InChI=1S/C21H19FN4O3S/c1-4-29-20(28)17-12(2)24-21-26(18(17)14-5-7-15(22)8-6-14)19(27)16(30-21)9-13-10-23-25(3)11-13/h5-11,18H,4H2,1-3H3/b16-9+/t18-/m0/s1. The molecule has 0 amide bonds. The lowest BCUT2D eigenvalue weighted by molar-refractivity contribution is -0.139. The molecule has 3 aromatic rings. The van der Waals surface area contributed by atoms with Gasteiger partial charge in [0.1, 0.15) is 5.82 Å². The summed E-state index contributed by atoms with van der Waals surface area (Å²) in [5.74, 6) is -0.948. The van der Waals surface area contributed by atoms with Crippen LogP contribution in [0, 0.1) is 5.82 Å². The van der Waals surface area contributed by atoms with E-state index in [1.807, 2.05) is 0 Å². The summed E-state index contributed by atoms with van der Waals surface area (Å²) >= 11 is 1.23. The van der Waals surface area contributed by atoms with Gasteiger partial charge in [0.05, 0.1) is 34.6 Å². The Labute approximate surface area is 175 Å². The molecule has 0 spiro atoms. The molecule has 0 fully saturated rings. The van der Waals surface area contributed by atoms with E-state index in [9.17, 15) is 14.0 Å². The number of aromatic nitrogens is 3. The lowest BCUT2D eigenvalue weighted by Crippen LogP contribution is -2.39. The third kappa shape index (κ3) is 3.52. The first-order valence-corrected chi connectivity index (χ1v) is 10.1. The molecule has 7 nitrogen and oxygen atoms in total. The number of benzene rings is 1. The SMILES string of the molecule is CCOC(=O)C1=C(C)N=c2s/c(=C/c3cnn(C)c3)c(=O)n2[C@H]1c1ccc(F)cc1. The maximum absolute atomic E-state index is 13.5. The van der Waals surface area contributed by atoms with Crippen molar-refractivity contribution in [2.75, 3.05) is 6.61 Å². The highest BCUT2D eigenvalue weighted by Gasteiger charge is 2.33. The van der Waals surface area contributed by atoms with Crippen molar-refractivity contribution in [1.82, 2.24) is 14.3 Å². The zero-order chi connectivity index (χ0) is 21.4. The highest BCUT2D eigenvalue weighted by atomic mass is 32.1. The normalized spacial score (nSPS) is 16.4. The van der Waals surface area contributed by atoms with Gasteiger partial charge in [-0.05, 0) is 37.6 Å². The molecule has 4 rings (SSSR count). The van der Waals surface area contributed by atoms with Crippen LogP contribution in [0.2, 0.25) is 0 Å². The molecule has 9 heteroatoms. The van der Waals surface area contributed by atoms with Gasteiger partial charge in [0.15, 0.2) is 4.80 Å². The van der Waals surface area contributed by atoms with Gasteiger partial charge in [-0.1, -0.05) is 23.5 Å². The zero-order valence-corrected chi connectivity index (χ0v) is 17.4. The molecular weight excluding hydrogens is 407 g/mol. The monoisotopic (exact) mass is 426 g/mol. The molecule has 1 aromatic carbocycles. The number of thiazole rings is 1. The number of rotatable bonds is 4. The highest BCUT2D eigenvalue weighted by molar-refractivity contribution is 7.07. The van der Waals surface area contributed by atoms with Crippen molar-refractivity contribution in [3.05, 3.63) is 84.6 Å². The Morgan fingerprint density at radius 3 is 2.70 bits per heavy atom. The second-order valence-electron chi connectivity index (χ2n) is 6.80. The summed E-state index contributed by atoms with van der Waals surface area (Å²) < 4.78 is 22.3. The first kappa shape index (κ1) is 20.0. The van der Waals surface area contributed by atoms with Crippen molar-refractivity contribution >= 4 is 23.4 Å². The predicted octanol–water partition coefficient (Wildman–Crippen LogP) is 1.67. The van der Waals surface area contributed by atoms with Crippen molar-refractivity contribution in [1.29, 1.82) is 0 Å². The molecule has 0 aliphatic carbocycles. The van der Waals surface area contributed by atoms with Gasteiger partial charge >= 0.3 is 5.97 Å². The fourth-order valence-electron chi connectivity index (χ4n) is 3.42. The summed E-state index contributed by atoms with van der Waals surface area (Å²) in [7, 11) is 1.79. The van der Waals surface area contributed by atoms with Crippen LogP contribution >= 0.6 is 11.3 Å². The third-order valence-electron chi connectivity index (χ3n) is 4.73. The minimum Gasteiger partial charge on any atom is -0.463 e. The molecule has 1 aliphatic heterocycles. The van der Waals surface area contributed by atoms with Crippen molar-refractivity contribution in [3.8, 4) is 0 Å². The van der Waals surface area contributed by atoms with E-state index in [1.165, 1.54) is 28.0 Å². The van der Waals surface area contributed by atoms with E-state index in [-0.39, 0.29) is 17.7 Å². The number of carbonyl (C=O) groups excluding carboxylic acids is 1. The molecule has 2 aromatic heterocycles. The second kappa shape index (κ2) is 7.83. The maximum Gasteiger partial charge on any atom is 0.338 e. The Balaban J connectivity index is 1.96. The number of nitrogens with zero attached hydrogens (tertiary/aromatic N) is 4. The average molecular weight is 426 g/mol. The number of halogens is 1. The first-order chi connectivity index (χ1) is 14.4. The predicted molar refractivity (Wildman–Crippen MR) is 110 cm³/mol. The van der Waals surface area contributed by atoms with E-state index >= 15 is 0 Å². The van der Waals surface area contributed by atoms with Crippen LogP contribution < -0.4 is 14.9 Å². The highest BCUT2D eigenvalue weighted by Crippen LogP contribution is 2.30. The van der Waals surface area contributed by atoms with Crippen LogP contribution in [0.15, 0.2) is 57.7 Å². The molecule has 0 saturated carbocycles. The number of ether oxygens (including phenoxy) is 1. The van der Waals surface area contributed by atoms with E-state index in [1.54, 1.807) is 56.2 Å². The molecule has 0 N–H and O–H groups in total. The van der Waals surface area contributed by atoms with Gasteiger partial charge in [0.2, 0.25) is 0 Å². The van der Waals surface area contributed by atoms with E-state index < -0.39 is 17.8 Å². The van der Waals surface area contributed by atoms with Crippen molar-refractivity contribution in [2.45, 2.75) is 19.9 Å². The quantitative estimate of drug-likeness (QED) is 0.595. The Bertz CT molecular complexity index is 1330. The lowest BCUT2D eigenvalue weighted by atomic mass is 9.96. The van der Waals surface area contributed by atoms with E-state index in [2.05, 4.69) is 10.1 Å². The van der Waals surface area contributed by atoms with Gasteiger partial charge < -0.3 is 4.74 Å². The minimum atomic E-state index is -0.753. The average Bonchev–Trinajstić information content (AvgIpc) is 3.24. The van der Waals surface area contributed by atoms with Crippen LogP contribution in [-0.2, 0) is 16.6 Å². The Morgan fingerprint density at radius 2 is 2.07 bits per heavy atom. The maximum atomic E-state index is 13.5. The molecule has 1 atom stereocenters. The van der Waals surface area contributed by atoms with Crippen LogP contribution in [0.4, 0.5) is 4.39 Å². The second-order valence-corrected chi connectivity index (χ2v) is 7.81. The summed E-state index contributed by atoms with van der Waals surface area (Å²) in [4.78, 5) is 31.0. The van der Waals surface area contributed by atoms with Gasteiger partial charge in [0, 0.05) is 18.8 Å². The zero-order valence-electron chi connectivity index (χ0n) is 16.6. The van der Waals surface area contributed by atoms with Crippen molar-refractivity contribution < 1.29 is 13.9 Å². The van der Waals surface area contributed by atoms with Crippen LogP contribution in [0.1, 0.15) is 31.0 Å². The molecule has 0 bridgehead atoms. The molecule has 30 heavy (non-hydrogen) atoms. The Hall–Kier alpha value is -3.33. The largest absolute Gasteiger partial charge is 0.463 e. The first-order valence-electron chi connectivity index (χ1n) is 9.33. The van der Waals surface area contributed by atoms with Crippen molar-refractivity contribution in [3.63, 3.8) is 0 Å². The third-order valence-corrected chi connectivity index (χ3v) is 5.71. The summed E-state index contributed by atoms with van der Waals surface area (Å²) in [6.07, 6.45) is 5.19. The van der Waals surface area contributed by atoms with Crippen LogP contribution in [0.3, 0.4) is 0 Å². The summed E-state index contributed by atoms with van der Waals surface area (Å²) in [6, 6.07) is 4.99. The topological polar surface area (TPSA) is 78.5 Å². The smallest absolute Gasteiger partial charge is 0.338 e. The Kier molecular flexibility index (Phi) is 5.21. The van der Waals surface area contributed by atoms with Crippen LogP contribution in [-0.4, -0.2) is 26.9 Å². The fourth-order valence-corrected chi connectivity index (χ4v) is 4.46. The number of aryl methyl sites for hydroxylation is 1. The number of allylic oxidation sites excluding steroid dienone is 1. The van der Waals surface area contributed by atoms with Gasteiger partial charge in [0.25, 0.3) is 5.56 Å². The molecule has 3 heterocycles. The van der Waals surface area contributed by atoms with Gasteiger partial charge in [-0.3, -0.25) is 14.0 Å². The van der Waals surface area contributed by atoms with Crippen LogP contribution in [0.25, 0.3) is 6.08 Å².